The van der Waals surface area contributed by atoms with Gasteiger partial charge in [0.2, 0.25) is 0 Å². The van der Waals surface area contributed by atoms with Gasteiger partial charge in [0.25, 0.3) is 0 Å². The maximum absolute atomic E-state index is 12.8. The van der Waals surface area contributed by atoms with Crippen molar-refractivity contribution < 1.29 is 9.53 Å². The second kappa shape index (κ2) is 7.13. The van der Waals surface area contributed by atoms with Gasteiger partial charge in [0.1, 0.15) is 5.65 Å². The van der Waals surface area contributed by atoms with E-state index in [1.165, 1.54) is 25.3 Å². The molecule has 3 aliphatic rings. The lowest BCUT2D eigenvalue weighted by molar-refractivity contribution is -0.155. The third-order valence-electron chi connectivity index (χ3n) is 7.50. The molecule has 1 aromatic carbocycles. The minimum Gasteiger partial charge on any atom is -0.469 e. The van der Waals surface area contributed by atoms with Crippen molar-refractivity contribution in [3.63, 3.8) is 0 Å². The summed E-state index contributed by atoms with van der Waals surface area (Å²) in [6.07, 6.45) is 10.4. The molecule has 1 N–H and O–H groups in total. The van der Waals surface area contributed by atoms with Gasteiger partial charge < -0.3 is 14.3 Å². The predicted octanol–water partition coefficient (Wildman–Crippen LogP) is 5.99. The molecule has 3 heterocycles. The largest absolute Gasteiger partial charge is 0.469 e. The number of aromatic nitrogens is 3. The Morgan fingerprint density at radius 1 is 1.16 bits per heavy atom. The summed E-state index contributed by atoms with van der Waals surface area (Å²) in [5.74, 6) is 0.817. The highest BCUT2D eigenvalue weighted by atomic mass is 35.5. The monoisotopic (exact) mass is 433 g/mol. The number of esters is 1. The van der Waals surface area contributed by atoms with Crippen LogP contribution in [-0.4, -0.2) is 27.6 Å². The van der Waals surface area contributed by atoms with Crippen molar-refractivity contribution >= 4 is 39.5 Å². The van der Waals surface area contributed by atoms with Crippen molar-refractivity contribution in [1.82, 2.24) is 14.5 Å². The third-order valence-corrected chi connectivity index (χ3v) is 7.71. The van der Waals surface area contributed by atoms with E-state index in [0.717, 1.165) is 40.5 Å². The molecular formula is C25H24ClN3O2. The average Bonchev–Trinajstić information content (AvgIpc) is 3.42. The van der Waals surface area contributed by atoms with Crippen LogP contribution in [0.25, 0.3) is 33.1 Å². The van der Waals surface area contributed by atoms with Crippen LogP contribution in [0, 0.1) is 17.8 Å². The van der Waals surface area contributed by atoms with Crippen molar-refractivity contribution in [3.05, 3.63) is 53.9 Å². The Morgan fingerprint density at radius 3 is 2.77 bits per heavy atom. The summed E-state index contributed by atoms with van der Waals surface area (Å²) in [6, 6.07) is 10.8. The first-order chi connectivity index (χ1) is 15.1. The molecule has 0 amide bonds. The summed E-state index contributed by atoms with van der Waals surface area (Å²) < 4.78 is 7.59. The van der Waals surface area contributed by atoms with Crippen LogP contribution in [0.4, 0.5) is 0 Å². The number of benzene rings is 1. The molecule has 2 atom stereocenters. The highest BCUT2D eigenvalue weighted by Crippen LogP contribution is 2.52. The van der Waals surface area contributed by atoms with Gasteiger partial charge in [-0.2, -0.15) is 0 Å². The SMILES string of the molecule is COC(=O)[C@@H]1C2CCC(CC2)[C@H]1n1ccc2ccc(-c3c[nH]c4ncc(Cl)cc34)cc21. The number of ether oxygens (including phenoxy) is 1. The van der Waals surface area contributed by atoms with Crippen LogP contribution in [0.5, 0.6) is 0 Å². The quantitative estimate of drug-likeness (QED) is 0.404. The molecular weight excluding hydrogens is 410 g/mol. The second-order valence-corrected chi connectivity index (χ2v) is 9.40. The predicted molar refractivity (Wildman–Crippen MR) is 122 cm³/mol. The number of rotatable bonds is 3. The first-order valence-electron chi connectivity index (χ1n) is 11.0. The highest BCUT2D eigenvalue weighted by molar-refractivity contribution is 6.31. The molecule has 3 fully saturated rings. The summed E-state index contributed by atoms with van der Waals surface area (Å²) in [5.41, 5.74) is 4.17. The summed E-state index contributed by atoms with van der Waals surface area (Å²) in [4.78, 5) is 20.4. The lowest BCUT2D eigenvalue weighted by Gasteiger charge is -2.48. The Morgan fingerprint density at radius 2 is 1.97 bits per heavy atom. The molecule has 2 bridgehead atoms. The number of methoxy groups -OCH3 is 1. The molecule has 0 radical (unpaired) electrons. The summed E-state index contributed by atoms with van der Waals surface area (Å²) in [7, 11) is 1.52. The average molecular weight is 434 g/mol. The van der Waals surface area contributed by atoms with Crippen LogP contribution >= 0.6 is 11.6 Å². The number of hydrogen-bond acceptors (Lipinski definition) is 3. The van der Waals surface area contributed by atoms with E-state index in [1.54, 1.807) is 6.20 Å². The summed E-state index contributed by atoms with van der Waals surface area (Å²) in [5, 5.41) is 2.82. The molecule has 31 heavy (non-hydrogen) atoms. The van der Waals surface area contributed by atoms with Crippen LogP contribution in [-0.2, 0) is 9.53 Å². The van der Waals surface area contributed by atoms with E-state index in [0.29, 0.717) is 16.9 Å². The Balaban J connectivity index is 1.49. The summed E-state index contributed by atoms with van der Waals surface area (Å²) >= 11 is 6.21. The fourth-order valence-electron chi connectivity index (χ4n) is 6.08. The molecule has 3 aliphatic carbocycles. The molecule has 4 aromatic rings. The molecule has 7 rings (SSSR count). The Bertz CT molecular complexity index is 1300. The number of carbonyl (C=O) groups excluding carboxylic acids is 1. The second-order valence-electron chi connectivity index (χ2n) is 8.96. The topological polar surface area (TPSA) is 59.9 Å². The number of H-pyrrole nitrogens is 1. The Labute approximate surface area is 185 Å². The zero-order valence-corrected chi connectivity index (χ0v) is 18.1. The molecule has 0 unspecified atom stereocenters. The van der Waals surface area contributed by atoms with Crippen molar-refractivity contribution in [3.8, 4) is 11.1 Å². The maximum atomic E-state index is 12.8. The first kappa shape index (κ1) is 18.9. The first-order valence-corrected chi connectivity index (χ1v) is 11.3. The molecule has 0 spiro atoms. The van der Waals surface area contributed by atoms with Crippen LogP contribution in [0.1, 0.15) is 31.7 Å². The van der Waals surface area contributed by atoms with Gasteiger partial charge in [-0.15, -0.1) is 0 Å². The van der Waals surface area contributed by atoms with Gasteiger partial charge in [-0.1, -0.05) is 23.7 Å². The van der Waals surface area contributed by atoms with Gasteiger partial charge in [0, 0.05) is 35.1 Å². The van der Waals surface area contributed by atoms with Crippen LogP contribution < -0.4 is 0 Å². The van der Waals surface area contributed by atoms with E-state index >= 15 is 0 Å². The molecule has 158 valence electrons. The third kappa shape index (κ3) is 2.90. The van der Waals surface area contributed by atoms with Crippen molar-refractivity contribution in [1.29, 1.82) is 0 Å². The van der Waals surface area contributed by atoms with Crippen LogP contribution in [0.15, 0.2) is 48.9 Å². The zero-order valence-electron chi connectivity index (χ0n) is 17.3. The van der Waals surface area contributed by atoms with E-state index in [4.69, 9.17) is 16.3 Å². The number of halogens is 1. The molecule has 0 aliphatic heterocycles. The van der Waals surface area contributed by atoms with Gasteiger partial charge in [-0.05, 0) is 66.7 Å². The zero-order chi connectivity index (χ0) is 21.1. The van der Waals surface area contributed by atoms with Crippen LogP contribution in [0.2, 0.25) is 5.02 Å². The Kier molecular flexibility index (Phi) is 4.35. The molecule has 3 saturated carbocycles. The lowest BCUT2D eigenvalue weighted by atomic mass is 9.61. The number of nitrogens with zero attached hydrogens (tertiary/aromatic N) is 2. The minimum atomic E-state index is -0.0622. The van der Waals surface area contributed by atoms with Gasteiger partial charge in [0.05, 0.1) is 24.1 Å². The minimum absolute atomic E-state index is 0.0604. The normalized spacial score (nSPS) is 25.4. The number of nitrogens with one attached hydrogen (secondary N) is 1. The highest BCUT2D eigenvalue weighted by Gasteiger charge is 2.48. The molecule has 6 heteroatoms. The number of pyridine rings is 1. The van der Waals surface area contributed by atoms with Crippen LogP contribution in [0.3, 0.4) is 0 Å². The number of aromatic amines is 1. The summed E-state index contributed by atoms with van der Waals surface area (Å²) in [6.45, 7) is 0. The van der Waals surface area contributed by atoms with E-state index in [-0.39, 0.29) is 17.9 Å². The lowest BCUT2D eigenvalue weighted by Crippen LogP contribution is -2.45. The molecule has 5 nitrogen and oxygen atoms in total. The molecule has 0 saturated heterocycles. The maximum Gasteiger partial charge on any atom is 0.311 e. The Hall–Kier alpha value is -2.79. The standard InChI is InChI=1S/C25H24ClN3O2/c1-31-25(30)22-15-3-5-16(6-4-15)23(22)29-9-8-14-2-7-17(10-21(14)29)20-13-28-24-19(20)11-18(26)12-27-24/h2,7-13,15-16,22-23H,3-6H2,1H3,(H,27,28)/t15?,16?,22-,23-/m1/s1. The van der Waals surface area contributed by atoms with Crippen molar-refractivity contribution in [2.45, 2.75) is 31.7 Å². The molecule has 3 aromatic heterocycles. The number of fused-ring (bicyclic) bond motifs is 5. The number of carbonyl (C=O) groups is 1. The van der Waals surface area contributed by atoms with Crippen molar-refractivity contribution in [2.24, 2.45) is 17.8 Å². The van der Waals surface area contributed by atoms with Gasteiger partial charge >= 0.3 is 5.97 Å². The van der Waals surface area contributed by atoms with E-state index in [9.17, 15) is 4.79 Å². The number of hydrogen-bond donors (Lipinski definition) is 1. The van der Waals surface area contributed by atoms with Crippen molar-refractivity contribution in [2.75, 3.05) is 7.11 Å². The van der Waals surface area contributed by atoms with E-state index in [2.05, 4.69) is 45.0 Å². The van der Waals surface area contributed by atoms with E-state index < -0.39 is 0 Å². The van der Waals surface area contributed by atoms with Gasteiger partial charge in [-0.25, -0.2) is 4.98 Å². The smallest absolute Gasteiger partial charge is 0.311 e. The van der Waals surface area contributed by atoms with Gasteiger partial charge in [0.15, 0.2) is 0 Å². The van der Waals surface area contributed by atoms with Gasteiger partial charge in [-0.3, -0.25) is 4.79 Å². The fraction of sp³-hybridized carbons (Fsp3) is 0.360. The van der Waals surface area contributed by atoms with E-state index in [1.807, 2.05) is 12.3 Å². The fourth-order valence-corrected chi connectivity index (χ4v) is 6.24.